The molecule has 1 aliphatic heterocycles. The van der Waals surface area contributed by atoms with Gasteiger partial charge in [0.2, 0.25) is 5.91 Å². The maximum atomic E-state index is 12.0. The molecule has 0 radical (unpaired) electrons. The van der Waals surface area contributed by atoms with Crippen LogP contribution in [0.3, 0.4) is 0 Å². The highest BCUT2D eigenvalue weighted by molar-refractivity contribution is 5.78. The van der Waals surface area contributed by atoms with Crippen LogP contribution in [-0.2, 0) is 11.2 Å². The van der Waals surface area contributed by atoms with E-state index < -0.39 is 6.61 Å². The molecule has 0 saturated carbocycles. The Balaban J connectivity index is 1.71. The Morgan fingerprint density at radius 3 is 2.57 bits per heavy atom. The van der Waals surface area contributed by atoms with Crippen LogP contribution in [0.15, 0.2) is 24.3 Å². The van der Waals surface area contributed by atoms with Crippen LogP contribution >= 0.6 is 0 Å². The summed E-state index contributed by atoms with van der Waals surface area (Å²) < 4.78 is 28.3. The first kappa shape index (κ1) is 15.7. The smallest absolute Gasteiger partial charge is 0.387 e. The van der Waals surface area contributed by atoms with Gasteiger partial charge in [-0.15, -0.1) is 0 Å². The summed E-state index contributed by atoms with van der Waals surface area (Å²) in [6, 6.07) is 6.46. The van der Waals surface area contributed by atoms with Gasteiger partial charge in [0.25, 0.3) is 0 Å². The van der Waals surface area contributed by atoms with Crippen LogP contribution in [0.4, 0.5) is 8.78 Å². The second-order valence-electron chi connectivity index (χ2n) is 5.27. The lowest BCUT2D eigenvalue weighted by Crippen LogP contribution is -2.49. The summed E-state index contributed by atoms with van der Waals surface area (Å²) in [5, 5.41) is 6.06. The van der Waals surface area contributed by atoms with Crippen molar-refractivity contribution in [2.45, 2.75) is 20.0 Å². The van der Waals surface area contributed by atoms with Crippen LogP contribution < -0.4 is 15.4 Å². The highest BCUT2D eigenvalue weighted by Gasteiger charge is 2.28. The van der Waals surface area contributed by atoms with Gasteiger partial charge in [0.1, 0.15) is 5.75 Å². The number of benzene rings is 1. The molecule has 6 heteroatoms. The normalized spacial score (nSPS) is 16.4. The van der Waals surface area contributed by atoms with Crippen molar-refractivity contribution in [1.82, 2.24) is 10.6 Å². The van der Waals surface area contributed by atoms with Gasteiger partial charge in [0, 0.05) is 12.5 Å². The first-order chi connectivity index (χ1) is 10.1. The molecule has 1 atom stereocenters. The van der Waals surface area contributed by atoms with Gasteiger partial charge in [-0.25, -0.2) is 0 Å². The van der Waals surface area contributed by atoms with Crippen LogP contribution in [0.5, 0.6) is 5.75 Å². The highest BCUT2D eigenvalue weighted by Crippen LogP contribution is 2.16. The average molecular weight is 298 g/mol. The van der Waals surface area contributed by atoms with Gasteiger partial charge >= 0.3 is 6.61 Å². The summed E-state index contributed by atoms with van der Waals surface area (Å²) in [4.78, 5) is 11.9. The van der Waals surface area contributed by atoms with Crippen LogP contribution in [0.25, 0.3) is 0 Å². The average Bonchev–Trinajstić information content (AvgIpc) is 2.38. The predicted molar refractivity (Wildman–Crippen MR) is 75.3 cm³/mol. The second-order valence-corrected chi connectivity index (χ2v) is 5.27. The zero-order chi connectivity index (χ0) is 15.2. The quantitative estimate of drug-likeness (QED) is 0.807. The topological polar surface area (TPSA) is 50.4 Å². The summed E-state index contributed by atoms with van der Waals surface area (Å²) in [6.45, 7) is 1.48. The second kappa shape index (κ2) is 7.36. The molecule has 1 amide bonds. The number of alkyl halides is 2. The molecule has 1 unspecified atom stereocenters. The van der Waals surface area contributed by atoms with E-state index in [4.69, 9.17) is 0 Å². The molecule has 1 aliphatic rings. The lowest BCUT2D eigenvalue weighted by molar-refractivity contribution is -0.126. The number of hydrogen-bond donors (Lipinski definition) is 2. The molecule has 4 nitrogen and oxygen atoms in total. The summed E-state index contributed by atoms with van der Waals surface area (Å²) in [5.41, 5.74) is 0.967. The van der Waals surface area contributed by atoms with Gasteiger partial charge in [0.15, 0.2) is 0 Å². The van der Waals surface area contributed by atoms with Crippen molar-refractivity contribution >= 4 is 5.91 Å². The fourth-order valence-corrected chi connectivity index (χ4v) is 2.21. The van der Waals surface area contributed by atoms with E-state index in [9.17, 15) is 13.6 Å². The standard InChI is InChI=1S/C15H20F2N2O2/c1-10(12-8-18-9-12)14(20)19-7-6-11-2-4-13(5-3-11)21-15(16)17/h2-5,10,12,15,18H,6-9H2,1H3,(H,19,20). The molecule has 0 aliphatic carbocycles. The van der Waals surface area contributed by atoms with E-state index in [0.29, 0.717) is 18.9 Å². The third-order valence-corrected chi connectivity index (χ3v) is 3.80. The molecule has 1 heterocycles. The minimum atomic E-state index is -2.81. The molecular formula is C15H20F2N2O2. The maximum absolute atomic E-state index is 12.0. The highest BCUT2D eigenvalue weighted by atomic mass is 19.3. The van der Waals surface area contributed by atoms with Crippen molar-refractivity contribution in [2.75, 3.05) is 19.6 Å². The molecule has 21 heavy (non-hydrogen) atoms. The third-order valence-electron chi connectivity index (χ3n) is 3.80. The first-order valence-corrected chi connectivity index (χ1v) is 7.08. The first-order valence-electron chi connectivity index (χ1n) is 7.08. The Labute approximate surface area is 122 Å². The Hall–Kier alpha value is -1.69. The number of amides is 1. The van der Waals surface area contributed by atoms with Gasteiger partial charge in [-0.1, -0.05) is 19.1 Å². The molecule has 0 bridgehead atoms. The van der Waals surface area contributed by atoms with E-state index in [-0.39, 0.29) is 17.6 Å². The zero-order valence-corrected chi connectivity index (χ0v) is 11.9. The number of rotatable bonds is 7. The van der Waals surface area contributed by atoms with E-state index in [2.05, 4.69) is 15.4 Å². The van der Waals surface area contributed by atoms with E-state index >= 15 is 0 Å². The fraction of sp³-hybridized carbons (Fsp3) is 0.533. The number of carbonyl (C=O) groups excluding carboxylic acids is 1. The molecule has 2 rings (SSSR count). The summed E-state index contributed by atoms with van der Waals surface area (Å²) in [5.74, 6) is 0.659. The number of nitrogens with one attached hydrogen (secondary N) is 2. The summed E-state index contributed by atoms with van der Waals surface area (Å²) in [6.07, 6.45) is 0.663. The van der Waals surface area contributed by atoms with Crippen molar-refractivity contribution in [3.63, 3.8) is 0 Å². The Kier molecular flexibility index (Phi) is 5.50. The van der Waals surface area contributed by atoms with Gasteiger partial charge < -0.3 is 15.4 Å². The van der Waals surface area contributed by atoms with Gasteiger partial charge in [-0.3, -0.25) is 4.79 Å². The van der Waals surface area contributed by atoms with E-state index in [1.54, 1.807) is 12.1 Å². The number of carbonyl (C=O) groups is 1. The minimum Gasteiger partial charge on any atom is -0.435 e. The SMILES string of the molecule is CC(C(=O)NCCc1ccc(OC(F)F)cc1)C1CNC1. The lowest BCUT2D eigenvalue weighted by Gasteiger charge is -2.31. The van der Waals surface area contributed by atoms with Crippen molar-refractivity contribution < 1.29 is 18.3 Å². The van der Waals surface area contributed by atoms with E-state index in [1.807, 2.05) is 6.92 Å². The molecule has 2 N–H and O–H groups in total. The van der Waals surface area contributed by atoms with E-state index in [0.717, 1.165) is 18.7 Å². The Morgan fingerprint density at radius 2 is 2.05 bits per heavy atom. The van der Waals surface area contributed by atoms with Crippen molar-refractivity contribution in [2.24, 2.45) is 11.8 Å². The monoisotopic (exact) mass is 298 g/mol. The van der Waals surface area contributed by atoms with Gasteiger partial charge in [-0.2, -0.15) is 8.78 Å². The lowest BCUT2D eigenvalue weighted by atomic mass is 9.88. The molecule has 116 valence electrons. The molecule has 1 saturated heterocycles. The summed E-state index contributed by atoms with van der Waals surface area (Å²) >= 11 is 0. The molecule has 0 aromatic heterocycles. The van der Waals surface area contributed by atoms with E-state index in [1.165, 1.54) is 12.1 Å². The fourth-order valence-electron chi connectivity index (χ4n) is 2.21. The molecular weight excluding hydrogens is 278 g/mol. The zero-order valence-electron chi connectivity index (χ0n) is 11.9. The van der Waals surface area contributed by atoms with Crippen molar-refractivity contribution in [1.29, 1.82) is 0 Å². The summed E-state index contributed by atoms with van der Waals surface area (Å²) in [7, 11) is 0. The molecule has 0 spiro atoms. The Bertz CT molecular complexity index is 461. The predicted octanol–water partition coefficient (Wildman–Crippen LogP) is 1.80. The van der Waals surface area contributed by atoms with Crippen LogP contribution in [-0.4, -0.2) is 32.2 Å². The largest absolute Gasteiger partial charge is 0.435 e. The van der Waals surface area contributed by atoms with Crippen molar-refractivity contribution in [3.05, 3.63) is 29.8 Å². The van der Waals surface area contributed by atoms with Crippen molar-refractivity contribution in [3.8, 4) is 5.75 Å². The van der Waals surface area contributed by atoms with Gasteiger partial charge in [-0.05, 0) is 43.1 Å². The van der Waals surface area contributed by atoms with Gasteiger partial charge in [0.05, 0.1) is 0 Å². The van der Waals surface area contributed by atoms with Crippen LogP contribution in [0, 0.1) is 11.8 Å². The molecule has 1 fully saturated rings. The minimum absolute atomic E-state index is 0.0214. The van der Waals surface area contributed by atoms with Crippen LogP contribution in [0.2, 0.25) is 0 Å². The third kappa shape index (κ3) is 4.67. The molecule has 1 aromatic rings. The number of ether oxygens (including phenoxy) is 1. The number of hydrogen-bond acceptors (Lipinski definition) is 3. The Morgan fingerprint density at radius 1 is 1.38 bits per heavy atom. The van der Waals surface area contributed by atoms with Crippen LogP contribution in [0.1, 0.15) is 12.5 Å². The number of halogens is 2. The molecule has 1 aromatic carbocycles. The maximum Gasteiger partial charge on any atom is 0.387 e.